The van der Waals surface area contributed by atoms with Crippen LogP contribution in [0.15, 0.2) is 0 Å². The van der Waals surface area contributed by atoms with Crippen LogP contribution >= 0.6 is 0 Å². The summed E-state index contributed by atoms with van der Waals surface area (Å²) in [5.74, 6) is 0. The van der Waals surface area contributed by atoms with Crippen LogP contribution in [0.3, 0.4) is 0 Å². The fourth-order valence-electron chi connectivity index (χ4n) is 3.49. The van der Waals surface area contributed by atoms with Crippen molar-refractivity contribution in [3.8, 4) is 0 Å². The van der Waals surface area contributed by atoms with E-state index < -0.39 is 0 Å². The van der Waals surface area contributed by atoms with Crippen molar-refractivity contribution in [2.75, 3.05) is 40.8 Å². The van der Waals surface area contributed by atoms with Crippen molar-refractivity contribution in [1.82, 2.24) is 5.32 Å². The second-order valence-electron chi connectivity index (χ2n) is 9.02. The van der Waals surface area contributed by atoms with Gasteiger partial charge < -0.3 is 9.80 Å². The number of hydrogen-bond acceptors (Lipinski definition) is 1. The quantitative estimate of drug-likeness (QED) is 0.193. The van der Waals surface area contributed by atoms with Crippen molar-refractivity contribution in [2.24, 2.45) is 0 Å². The van der Waals surface area contributed by atoms with Crippen LogP contribution in [0.1, 0.15) is 110 Å². The molecule has 0 aromatic heterocycles. The van der Waals surface area contributed by atoms with Crippen molar-refractivity contribution in [2.45, 2.75) is 110 Å². The number of quaternary nitrogens is 1. The molecule has 0 aliphatic carbocycles. The Bertz CT molecular complexity index is 245. The molecule has 2 heteroatoms. The van der Waals surface area contributed by atoms with Crippen LogP contribution < -0.4 is 5.32 Å². The van der Waals surface area contributed by atoms with Crippen LogP contribution in [0.5, 0.6) is 0 Å². The van der Waals surface area contributed by atoms with Gasteiger partial charge in [0.05, 0.1) is 27.7 Å². The Morgan fingerprint density at radius 2 is 0.800 bits per heavy atom. The average Bonchev–Trinajstić information content (AvgIpc) is 2.56. The molecule has 0 aliphatic heterocycles. The van der Waals surface area contributed by atoms with Crippen LogP contribution in [0.25, 0.3) is 0 Å². The van der Waals surface area contributed by atoms with Gasteiger partial charge in [-0.2, -0.15) is 0 Å². The van der Waals surface area contributed by atoms with Gasteiger partial charge in [0.2, 0.25) is 0 Å². The lowest BCUT2D eigenvalue weighted by atomic mass is 10.0. The van der Waals surface area contributed by atoms with Gasteiger partial charge in [0.15, 0.2) is 0 Å². The van der Waals surface area contributed by atoms with Crippen LogP contribution in [0.2, 0.25) is 0 Å². The van der Waals surface area contributed by atoms with Crippen LogP contribution in [-0.4, -0.2) is 45.3 Å². The largest absolute Gasteiger partial charge is 0.331 e. The van der Waals surface area contributed by atoms with Crippen molar-refractivity contribution in [3.05, 3.63) is 0 Å². The summed E-state index contributed by atoms with van der Waals surface area (Å²) in [6.45, 7) is 5.86. The highest BCUT2D eigenvalue weighted by molar-refractivity contribution is 4.51. The van der Waals surface area contributed by atoms with Crippen molar-refractivity contribution < 1.29 is 4.48 Å². The van der Waals surface area contributed by atoms with Gasteiger partial charge in [-0.1, -0.05) is 90.4 Å². The summed E-state index contributed by atoms with van der Waals surface area (Å²) in [6, 6.07) is 0. The normalized spacial score (nSPS) is 12.0. The molecule has 0 fully saturated rings. The summed E-state index contributed by atoms with van der Waals surface area (Å²) in [5, 5.41) is 3.41. The standard InChI is InChI=1S/C23H51N2/c1-5-24-22-20-18-16-14-12-10-8-6-7-9-11-13-15-17-19-21-23-25(2,3)4/h24H,5-23H2,1-4H3/q+1. The number of unbranched alkanes of at least 4 members (excludes halogenated alkanes) is 15. The molecule has 0 heterocycles. The maximum atomic E-state index is 3.41. The minimum absolute atomic E-state index is 1.12. The summed E-state index contributed by atoms with van der Waals surface area (Å²) in [6.07, 6.45) is 23.2. The van der Waals surface area contributed by atoms with E-state index in [-0.39, 0.29) is 0 Å². The molecule has 0 amide bonds. The molecule has 0 aromatic carbocycles. The third-order valence-corrected chi connectivity index (χ3v) is 5.18. The Hall–Kier alpha value is -0.0800. The van der Waals surface area contributed by atoms with Crippen LogP contribution in [0.4, 0.5) is 0 Å². The highest BCUT2D eigenvalue weighted by Crippen LogP contribution is 2.13. The molecule has 1 N–H and O–H groups in total. The average molecular weight is 356 g/mol. The summed E-state index contributed by atoms with van der Waals surface area (Å²) >= 11 is 0. The van der Waals surface area contributed by atoms with Crippen molar-refractivity contribution in [1.29, 1.82) is 0 Å². The minimum atomic E-state index is 1.12. The zero-order valence-electron chi connectivity index (χ0n) is 18.4. The molecular weight excluding hydrogens is 304 g/mol. The second-order valence-corrected chi connectivity index (χ2v) is 9.02. The Morgan fingerprint density at radius 1 is 0.480 bits per heavy atom. The first-order valence-corrected chi connectivity index (χ1v) is 11.6. The topological polar surface area (TPSA) is 12.0 Å². The molecule has 0 aliphatic rings. The number of rotatable bonds is 20. The van der Waals surface area contributed by atoms with E-state index in [9.17, 15) is 0 Å². The number of nitrogens with zero attached hydrogens (tertiary/aromatic N) is 1. The molecular formula is C23H51N2+. The molecule has 152 valence electrons. The maximum absolute atomic E-state index is 3.41. The smallest absolute Gasteiger partial charge is 0.0780 e. The van der Waals surface area contributed by atoms with Crippen LogP contribution in [-0.2, 0) is 0 Å². The summed E-state index contributed by atoms with van der Waals surface area (Å²) in [7, 11) is 6.89. The van der Waals surface area contributed by atoms with E-state index in [0.717, 1.165) is 11.0 Å². The summed E-state index contributed by atoms with van der Waals surface area (Å²) < 4.78 is 1.12. The second kappa shape index (κ2) is 18.7. The Morgan fingerprint density at radius 3 is 1.12 bits per heavy atom. The van der Waals surface area contributed by atoms with E-state index in [4.69, 9.17) is 0 Å². The van der Waals surface area contributed by atoms with Crippen molar-refractivity contribution >= 4 is 0 Å². The van der Waals surface area contributed by atoms with Gasteiger partial charge in [0.25, 0.3) is 0 Å². The minimum Gasteiger partial charge on any atom is -0.331 e. The fourth-order valence-corrected chi connectivity index (χ4v) is 3.49. The predicted octanol–water partition coefficient (Wildman–Crippen LogP) is 6.54. The maximum Gasteiger partial charge on any atom is 0.0780 e. The molecule has 0 atom stereocenters. The van der Waals surface area contributed by atoms with E-state index in [1.807, 2.05) is 0 Å². The molecule has 0 unspecified atom stereocenters. The van der Waals surface area contributed by atoms with Gasteiger partial charge in [-0.3, -0.25) is 0 Å². The molecule has 25 heavy (non-hydrogen) atoms. The zero-order chi connectivity index (χ0) is 18.6. The molecule has 0 saturated heterocycles. The molecule has 0 rings (SSSR count). The molecule has 0 saturated carbocycles. The lowest BCUT2D eigenvalue weighted by Crippen LogP contribution is -2.35. The van der Waals surface area contributed by atoms with E-state index in [1.165, 1.54) is 116 Å². The van der Waals surface area contributed by atoms with Crippen molar-refractivity contribution in [3.63, 3.8) is 0 Å². The third-order valence-electron chi connectivity index (χ3n) is 5.18. The highest BCUT2D eigenvalue weighted by atomic mass is 15.3. The predicted molar refractivity (Wildman–Crippen MR) is 115 cm³/mol. The molecule has 2 nitrogen and oxygen atoms in total. The lowest BCUT2D eigenvalue weighted by Gasteiger charge is -2.23. The lowest BCUT2D eigenvalue weighted by molar-refractivity contribution is -0.870. The summed E-state index contributed by atoms with van der Waals surface area (Å²) in [5.41, 5.74) is 0. The van der Waals surface area contributed by atoms with Crippen LogP contribution in [0, 0.1) is 0 Å². The fraction of sp³-hybridized carbons (Fsp3) is 1.00. The van der Waals surface area contributed by atoms with Gasteiger partial charge in [-0.15, -0.1) is 0 Å². The highest BCUT2D eigenvalue weighted by Gasteiger charge is 2.04. The molecule has 0 bridgehead atoms. The molecule has 0 radical (unpaired) electrons. The van der Waals surface area contributed by atoms with E-state index in [0.29, 0.717) is 0 Å². The molecule has 0 aromatic rings. The van der Waals surface area contributed by atoms with Gasteiger partial charge in [-0.05, 0) is 32.4 Å². The first kappa shape index (κ1) is 24.9. The third kappa shape index (κ3) is 23.9. The van der Waals surface area contributed by atoms with Gasteiger partial charge in [0, 0.05) is 0 Å². The Kier molecular flexibility index (Phi) is 18.6. The number of nitrogens with one attached hydrogen (secondary N) is 1. The summed E-state index contributed by atoms with van der Waals surface area (Å²) in [4.78, 5) is 0. The van der Waals surface area contributed by atoms with E-state index in [2.05, 4.69) is 33.4 Å². The van der Waals surface area contributed by atoms with E-state index >= 15 is 0 Å². The first-order chi connectivity index (χ1) is 12.1. The molecule has 0 spiro atoms. The SMILES string of the molecule is CCNCCCCCCCCCCCCCCCCCC[N+](C)(C)C. The zero-order valence-corrected chi connectivity index (χ0v) is 18.4. The first-order valence-electron chi connectivity index (χ1n) is 11.6. The Labute approximate surface area is 160 Å². The monoisotopic (exact) mass is 355 g/mol. The van der Waals surface area contributed by atoms with E-state index in [1.54, 1.807) is 0 Å². The number of hydrogen-bond donors (Lipinski definition) is 1. The van der Waals surface area contributed by atoms with Gasteiger partial charge in [-0.25, -0.2) is 0 Å². The van der Waals surface area contributed by atoms with Gasteiger partial charge in [0.1, 0.15) is 0 Å². The van der Waals surface area contributed by atoms with Gasteiger partial charge >= 0.3 is 0 Å². The Balaban J connectivity index is 3.01.